The number of azide groups is 1. The molecular weight excluding hydrogens is 466 g/mol. The Morgan fingerprint density at radius 3 is 1.69 bits per heavy atom. The Bertz CT molecular complexity index is 866. The Hall–Kier alpha value is -2.13. The summed E-state index contributed by atoms with van der Waals surface area (Å²) in [6, 6.07) is 5.80. The quantitative estimate of drug-likeness (QED) is 0.0749. The summed E-state index contributed by atoms with van der Waals surface area (Å²) < 4.78 is 34.5. The lowest BCUT2D eigenvalue weighted by atomic mass is 9.92. The minimum absolute atomic E-state index is 0.196. The predicted octanol–water partition coefficient (Wildman–Crippen LogP) is 5.71. The first-order valence-corrected chi connectivity index (χ1v) is 14.3. The molecule has 10 heteroatoms. The van der Waals surface area contributed by atoms with E-state index in [-0.39, 0.29) is 4.31 Å². The van der Waals surface area contributed by atoms with Crippen molar-refractivity contribution in [1.82, 2.24) is 4.31 Å². The van der Waals surface area contributed by atoms with Gasteiger partial charge in [0.25, 0.3) is 0 Å². The fourth-order valence-corrected chi connectivity index (χ4v) is 5.32. The molecule has 0 aliphatic carbocycles. The molecule has 0 unspecified atom stereocenters. The second-order valence-corrected chi connectivity index (χ2v) is 10.5. The van der Waals surface area contributed by atoms with Crippen molar-refractivity contribution in [1.29, 1.82) is 0 Å². The van der Waals surface area contributed by atoms with E-state index < -0.39 is 28.3 Å². The molecule has 0 bridgehead atoms. The molecule has 1 amide bonds. The van der Waals surface area contributed by atoms with E-state index in [1.165, 1.54) is 82.0 Å². The lowest BCUT2D eigenvalue weighted by molar-refractivity contribution is -0.929. The fraction of sp³-hybridized carbons (Fsp3) is 0.720. The van der Waals surface area contributed by atoms with Gasteiger partial charge in [0.15, 0.2) is 10.3 Å². The summed E-state index contributed by atoms with van der Waals surface area (Å²) in [6.45, 7) is 15.0. The normalized spacial score (nSPS) is 17.7. The Morgan fingerprint density at radius 1 is 0.914 bits per heavy atom. The molecule has 0 saturated carbocycles. The van der Waals surface area contributed by atoms with Crippen LogP contribution < -0.4 is 0 Å². The van der Waals surface area contributed by atoms with Crippen LogP contribution in [-0.4, -0.2) is 59.9 Å². The van der Waals surface area contributed by atoms with E-state index in [2.05, 4.69) is 37.7 Å². The number of quaternary nitrogens is 1. The zero-order valence-corrected chi connectivity index (χ0v) is 22.6. The molecule has 1 aliphatic heterocycles. The van der Waals surface area contributed by atoms with Crippen LogP contribution in [0, 0.1) is 0 Å². The Labute approximate surface area is 211 Å². The van der Waals surface area contributed by atoms with Gasteiger partial charge >= 0.3 is 0 Å². The SMILES string of the molecule is CCCC[N+](CCCC)(CCCC)CCCC.[N-]=[N+]=N[C@@H]1C(=O)N(S(=O)(=O)[O-])[C@H]1c1ccccc1. The third-order valence-electron chi connectivity index (χ3n) is 6.52. The van der Waals surface area contributed by atoms with Crippen LogP contribution in [0.2, 0.25) is 0 Å². The summed E-state index contributed by atoms with van der Waals surface area (Å²) in [5, 5.41) is 3.22. The van der Waals surface area contributed by atoms with E-state index in [0.717, 1.165) is 0 Å². The van der Waals surface area contributed by atoms with Crippen LogP contribution in [-0.2, 0) is 15.1 Å². The van der Waals surface area contributed by atoms with Gasteiger partial charge in [0.05, 0.1) is 32.2 Å². The van der Waals surface area contributed by atoms with Gasteiger partial charge in [-0.3, -0.25) is 4.79 Å². The van der Waals surface area contributed by atoms with Gasteiger partial charge in [-0.25, -0.2) is 12.7 Å². The molecule has 1 aliphatic rings. The Kier molecular flexibility index (Phi) is 13.9. The van der Waals surface area contributed by atoms with Crippen LogP contribution in [0.25, 0.3) is 10.4 Å². The van der Waals surface area contributed by atoms with Crippen LogP contribution >= 0.6 is 0 Å². The van der Waals surface area contributed by atoms with Crippen molar-refractivity contribution < 1.29 is 22.2 Å². The number of unbranched alkanes of at least 4 members (excludes halogenated alkanes) is 4. The number of hydrogen-bond donors (Lipinski definition) is 0. The highest BCUT2D eigenvalue weighted by Gasteiger charge is 2.51. The lowest BCUT2D eigenvalue weighted by Crippen LogP contribution is -2.59. The van der Waals surface area contributed by atoms with E-state index in [0.29, 0.717) is 5.56 Å². The number of carbonyl (C=O) groups is 1. The molecule has 198 valence electrons. The van der Waals surface area contributed by atoms with Crippen molar-refractivity contribution in [2.45, 2.75) is 91.1 Å². The van der Waals surface area contributed by atoms with E-state index >= 15 is 0 Å². The van der Waals surface area contributed by atoms with Gasteiger partial charge < -0.3 is 9.04 Å². The van der Waals surface area contributed by atoms with Gasteiger partial charge in [-0.05, 0) is 36.8 Å². The molecule has 1 aromatic rings. The van der Waals surface area contributed by atoms with Crippen LogP contribution in [0.3, 0.4) is 0 Å². The largest absolute Gasteiger partial charge is 0.731 e. The Balaban J connectivity index is 0.000000351. The van der Waals surface area contributed by atoms with Gasteiger partial charge in [0, 0.05) is 4.91 Å². The van der Waals surface area contributed by atoms with Gasteiger partial charge in [-0.15, -0.1) is 0 Å². The first kappa shape index (κ1) is 30.9. The van der Waals surface area contributed by atoms with Crippen molar-refractivity contribution in [2.24, 2.45) is 5.11 Å². The fourth-order valence-electron chi connectivity index (χ4n) is 4.48. The average Bonchev–Trinajstić information content (AvgIpc) is 2.84. The Morgan fingerprint density at radius 2 is 1.34 bits per heavy atom. The molecule has 0 spiro atoms. The summed E-state index contributed by atoms with van der Waals surface area (Å²) in [5.41, 5.74) is 8.76. The first-order valence-electron chi connectivity index (χ1n) is 12.9. The molecule has 0 radical (unpaired) electrons. The highest BCUT2D eigenvalue weighted by molar-refractivity contribution is 7.84. The number of carbonyl (C=O) groups excluding carboxylic acids is 1. The third-order valence-corrected chi connectivity index (χ3v) is 7.41. The standard InChI is InChI=1S/C16H36N.C9H8N4O4S/c1-5-9-13-17(14-10-6-2,15-11-7-3)16-12-8-4;10-12-11-7-8(6-4-2-1-3-5-6)13(9(7)14)18(15,16)17/h5-16H2,1-4H3;1-5,7-8H,(H,15,16,17)/q+1;/p-1/t;7-,8-/m.0/s1. The van der Waals surface area contributed by atoms with Crippen molar-refractivity contribution in [2.75, 3.05) is 26.2 Å². The molecule has 2 atom stereocenters. The van der Waals surface area contributed by atoms with Gasteiger partial charge in [-0.1, -0.05) is 88.8 Å². The van der Waals surface area contributed by atoms with Crippen molar-refractivity contribution in [3.63, 3.8) is 0 Å². The van der Waals surface area contributed by atoms with E-state index in [9.17, 15) is 17.8 Å². The first-order chi connectivity index (χ1) is 16.7. The molecule has 1 aromatic carbocycles. The highest BCUT2D eigenvalue weighted by Crippen LogP contribution is 2.38. The zero-order chi connectivity index (χ0) is 26.3. The third kappa shape index (κ3) is 9.44. The lowest BCUT2D eigenvalue weighted by Gasteiger charge is -2.45. The molecule has 0 N–H and O–H groups in total. The second kappa shape index (κ2) is 15.8. The van der Waals surface area contributed by atoms with Crippen LogP contribution in [0.15, 0.2) is 35.4 Å². The summed E-state index contributed by atoms with van der Waals surface area (Å²) >= 11 is 0. The van der Waals surface area contributed by atoms with Crippen LogP contribution in [0.4, 0.5) is 0 Å². The monoisotopic (exact) mass is 509 g/mol. The minimum atomic E-state index is -4.91. The highest BCUT2D eigenvalue weighted by atomic mass is 32.2. The maximum Gasteiger partial charge on any atom is 0.247 e. The van der Waals surface area contributed by atoms with E-state index in [1.807, 2.05) is 0 Å². The molecule has 1 heterocycles. The van der Waals surface area contributed by atoms with Crippen LogP contribution in [0.5, 0.6) is 0 Å². The van der Waals surface area contributed by atoms with Crippen molar-refractivity contribution in [3.05, 3.63) is 46.3 Å². The smallest absolute Gasteiger partial charge is 0.247 e. The predicted molar refractivity (Wildman–Crippen MR) is 138 cm³/mol. The van der Waals surface area contributed by atoms with Gasteiger partial charge in [0.2, 0.25) is 5.91 Å². The van der Waals surface area contributed by atoms with E-state index in [1.54, 1.807) is 30.3 Å². The second-order valence-electron chi connectivity index (χ2n) is 9.25. The molecule has 1 fully saturated rings. The number of β-lactam (4-membered cyclic amide) rings is 1. The number of amides is 1. The van der Waals surface area contributed by atoms with Gasteiger partial charge in [-0.2, -0.15) is 0 Å². The zero-order valence-electron chi connectivity index (χ0n) is 21.8. The molecule has 2 rings (SSSR count). The molecule has 35 heavy (non-hydrogen) atoms. The molecule has 0 aromatic heterocycles. The summed E-state index contributed by atoms with van der Waals surface area (Å²) in [6.07, 6.45) is 11.1. The summed E-state index contributed by atoms with van der Waals surface area (Å²) in [4.78, 5) is 13.9. The van der Waals surface area contributed by atoms with Crippen molar-refractivity contribution in [3.8, 4) is 0 Å². The molecule has 1 saturated heterocycles. The number of hydrogen-bond acceptors (Lipinski definition) is 5. The topological polar surface area (TPSA) is 126 Å². The van der Waals surface area contributed by atoms with E-state index in [4.69, 9.17) is 5.53 Å². The number of rotatable bonds is 15. The maximum absolute atomic E-state index is 11.5. The minimum Gasteiger partial charge on any atom is -0.731 e. The molecule has 9 nitrogen and oxygen atoms in total. The van der Waals surface area contributed by atoms with Gasteiger partial charge in [0.1, 0.15) is 6.04 Å². The number of benzene rings is 1. The maximum atomic E-state index is 11.5. The summed E-state index contributed by atoms with van der Waals surface area (Å²) in [7, 11) is -4.91. The average molecular weight is 510 g/mol. The van der Waals surface area contributed by atoms with Crippen molar-refractivity contribution >= 4 is 16.2 Å². The van der Waals surface area contributed by atoms with Crippen LogP contribution in [0.1, 0.15) is 90.7 Å². The number of nitrogens with zero attached hydrogens (tertiary/aromatic N) is 5. The molecular formula is C25H43N5O4S. The summed E-state index contributed by atoms with van der Waals surface area (Å²) in [5.74, 6) is -1.00.